The van der Waals surface area contributed by atoms with Crippen LogP contribution in [0.15, 0.2) is 77.5 Å². The van der Waals surface area contributed by atoms with Crippen molar-refractivity contribution in [3.05, 3.63) is 101 Å². The molecule has 0 bridgehead atoms. The van der Waals surface area contributed by atoms with E-state index in [2.05, 4.69) is 58.2 Å². The van der Waals surface area contributed by atoms with Gasteiger partial charge in [-0.3, -0.25) is 14.7 Å². The zero-order valence-electron chi connectivity index (χ0n) is 29.8. The fraction of sp³-hybridized carbons (Fsp3) is 0.310. The Kier molecular flexibility index (Phi) is 9.35. The summed E-state index contributed by atoms with van der Waals surface area (Å²) in [6, 6.07) is 22.4. The molecular formula is C42H41N7O4. The first kappa shape index (κ1) is 34.4. The zero-order chi connectivity index (χ0) is 36.6. The van der Waals surface area contributed by atoms with Crippen molar-refractivity contribution in [1.82, 2.24) is 24.8 Å². The third kappa shape index (κ3) is 6.97. The molecule has 2 aliphatic heterocycles. The van der Waals surface area contributed by atoms with Gasteiger partial charge in [0.15, 0.2) is 11.4 Å². The van der Waals surface area contributed by atoms with Crippen LogP contribution >= 0.6 is 0 Å². The minimum absolute atomic E-state index is 0.218. The van der Waals surface area contributed by atoms with Gasteiger partial charge in [-0.05, 0) is 109 Å². The van der Waals surface area contributed by atoms with E-state index in [-0.39, 0.29) is 12.0 Å². The van der Waals surface area contributed by atoms with E-state index in [1.165, 1.54) is 0 Å². The second-order valence-electron chi connectivity index (χ2n) is 14.3. The predicted octanol–water partition coefficient (Wildman–Crippen LogP) is 6.85. The van der Waals surface area contributed by atoms with Crippen molar-refractivity contribution in [2.24, 2.45) is 5.92 Å². The Labute approximate surface area is 307 Å². The minimum atomic E-state index is -0.766. The fourth-order valence-electron chi connectivity index (χ4n) is 7.80. The number of benzene rings is 3. The van der Waals surface area contributed by atoms with Crippen LogP contribution in [-0.2, 0) is 17.8 Å². The molecule has 0 spiro atoms. The first-order chi connectivity index (χ1) is 25.7. The SMILES string of the molecule is Cc1c(Nc2nccc3cc(CCN4CC[C@@H](O)C4)cnc23)cccc1-c1cccc(-c2nc3cc(CN4CC[C@@H](C(=O)O)C4)cc(C#N)c3o2)c1C. The Hall–Kier alpha value is -5.67. The van der Waals surface area contributed by atoms with Gasteiger partial charge in [0, 0.05) is 61.8 Å². The molecule has 8 rings (SSSR count). The number of pyridine rings is 2. The van der Waals surface area contributed by atoms with Crippen LogP contribution in [0.2, 0.25) is 0 Å². The number of hydrogen-bond acceptors (Lipinski definition) is 10. The number of aliphatic hydroxyl groups is 1. The number of anilines is 2. The molecular weight excluding hydrogens is 667 g/mol. The maximum atomic E-state index is 11.5. The number of aliphatic hydroxyl groups excluding tert-OH is 1. The van der Waals surface area contributed by atoms with Crippen molar-refractivity contribution in [2.45, 2.75) is 45.8 Å². The molecule has 268 valence electrons. The number of carboxylic acid groups (broad SMARTS) is 1. The first-order valence-corrected chi connectivity index (χ1v) is 18.1. The lowest BCUT2D eigenvalue weighted by molar-refractivity contribution is -0.141. The summed E-state index contributed by atoms with van der Waals surface area (Å²) in [5.41, 5.74) is 10.2. The highest BCUT2D eigenvalue weighted by Gasteiger charge is 2.28. The van der Waals surface area contributed by atoms with Gasteiger partial charge in [0.25, 0.3) is 0 Å². The minimum Gasteiger partial charge on any atom is -0.481 e. The average molecular weight is 708 g/mol. The van der Waals surface area contributed by atoms with Crippen LogP contribution < -0.4 is 5.32 Å². The van der Waals surface area contributed by atoms with Crippen molar-refractivity contribution in [1.29, 1.82) is 5.26 Å². The van der Waals surface area contributed by atoms with Crippen LogP contribution in [0.3, 0.4) is 0 Å². The molecule has 0 unspecified atom stereocenters. The molecule has 3 aromatic carbocycles. The summed E-state index contributed by atoms with van der Waals surface area (Å²) < 4.78 is 6.28. The summed E-state index contributed by atoms with van der Waals surface area (Å²) in [6.07, 6.45) is 5.85. The molecule has 2 saturated heterocycles. The van der Waals surface area contributed by atoms with Gasteiger partial charge in [0.1, 0.15) is 17.1 Å². The smallest absolute Gasteiger partial charge is 0.307 e. The second kappa shape index (κ2) is 14.4. The molecule has 2 aliphatic rings. The average Bonchev–Trinajstić information content (AvgIpc) is 3.92. The van der Waals surface area contributed by atoms with E-state index >= 15 is 0 Å². The number of carbonyl (C=O) groups is 1. The number of oxazole rings is 1. The van der Waals surface area contributed by atoms with Gasteiger partial charge in [0.05, 0.1) is 17.6 Å². The summed E-state index contributed by atoms with van der Waals surface area (Å²) in [6.45, 7) is 8.46. The molecule has 2 atom stereocenters. The molecule has 3 aromatic heterocycles. The standard InChI is InChI=1S/C42H41N7O4/c1-25-33(5-3-7-35(25)41-47-37-19-28(18-31(20-43)39(37)53-41)22-49-15-11-30(23-49)42(51)52)34-6-4-8-36(26(34)2)46-40-38-29(9-13-44-40)17-27(21-45-38)10-14-48-16-12-32(50)24-48/h3-9,13,17-19,21,30,32,50H,10-12,14-16,22-24H2,1-2H3,(H,44,46)(H,51,52)/t30-,32-/m1/s1. The number of aliphatic carboxylic acids is 1. The monoisotopic (exact) mass is 707 g/mol. The largest absolute Gasteiger partial charge is 0.481 e. The number of rotatable bonds is 10. The highest BCUT2D eigenvalue weighted by atomic mass is 16.4. The number of nitrogens with one attached hydrogen (secondary N) is 1. The lowest BCUT2D eigenvalue weighted by Crippen LogP contribution is -2.24. The van der Waals surface area contributed by atoms with E-state index in [9.17, 15) is 20.3 Å². The van der Waals surface area contributed by atoms with Crippen molar-refractivity contribution in [2.75, 3.05) is 38.0 Å². The molecule has 0 aliphatic carbocycles. The van der Waals surface area contributed by atoms with Gasteiger partial charge in [-0.15, -0.1) is 0 Å². The number of β-amino-alcohol motifs (C(OH)–C–C–N with tert-alkyl or cyclic N) is 1. The molecule has 3 N–H and O–H groups in total. The molecule has 5 heterocycles. The molecule has 0 radical (unpaired) electrons. The number of likely N-dealkylation sites (tertiary alicyclic amines) is 2. The third-order valence-corrected chi connectivity index (χ3v) is 10.8. The van der Waals surface area contributed by atoms with E-state index in [0.29, 0.717) is 54.4 Å². The van der Waals surface area contributed by atoms with Crippen LogP contribution in [0.25, 0.3) is 44.6 Å². The zero-order valence-corrected chi connectivity index (χ0v) is 29.8. The quantitative estimate of drug-likeness (QED) is 0.137. The Morgan fingerprint density at radius 3 is 2.53 bits per heavy atom. The Morgan fingerprint density at radius 2 is 1.75 bits per heavy atom. The Balaban J connectivity index is 1.05. The molecule has 11 heteroatoms. The highest BCUT2D eigenvalue weighted by molar-refractivity contribution is 5.91. The maximum Gasteiger partial charge on any atom is 0.307 e. The van der Waals surface area contributed by atoms with Crippen LogP contribution in [0, 0.1) is 31.1 Å². The number of nitrogens with zero attached hydrogens (tertiary/aromatic N) is 6. The summed E-state index contributed by atoms with van der Waals surface area (Å²) in [5, 5.41) is 33.9. The number of fused-ring (bicyclic) bond motifs is 2. The van der Waals surface area contributed by atoms with E-state index < -0.39 is 5.97 Å². The Morgan fingerprint density at radius 1 is 0.962 bits per heavy atom. The van der Waals surface area contributed by atoms with Crippen LogP contribution in [0.5, 0.6) is 0 Å². The summed E-state index contributed by atoms with van der Waals surface area (Å²) in [5.74, 6) is -0.00232. The first-order valence-electron chi connectivity index (χ1n) is 18.1. The van der Waals surface area contributed by atoms with Gasteiger partial charge in [-0.1, -0.05) is 24.3 Å². The van der Waals surface area contributed by atoms with Gasteiger partial charge in [0.2, 0.25) is 5.89 Å². The van der Waals surface area contributed by atoms with Gasteiger partial charge in [-0.25, -0.2) is 9.97 Å². The molecule has 6 aromatic rings. The van der Waals surface area contributed by atoms with Crippen molar-refractivity contribution in [3.63, 3.8) is 0 Å². The molecule has 2 fully saturated rings. The van der Waals surface area contributed by atoms with Crippen LogP contribution in [0.4, 0.5) is 11.5 Å². The van der Waals surface area contributed by atoms with Crippen molar-refractivity contribution >= 4 is 39.5 Å². The molecule has 0 saturated carbocycles. The van der Waals surface area contributed by atoms with Crippen LogP contribution in [-0.4, -0.2) is 79.8 Å². The summed E-state index contributed by atoms with van der Waals surface area (Å²) in [4.78, 5) is 30.2. The van der Waals surface area contributed by atoms with Gasteiger partial charge >= 0.3 is 5.97 Å². The number of hydrogen-bond donors (Lipinski definition) is 3. The fourth-order valence-corrected chi connectivity index (χ4v) is 7.80. The van der Waals surface area contributed by atoms with E-state index in [4.69, 9.17) is 14.4 Å². The van der Waals surface area contributed by atoms with E-state index in [1.54, 1.807) is 0 Å². The van der Waals surface area contributed by atoms with Gasteiger partial charge in [-0.2, -0.15) is 5.26 Å². The summed E-state index contributed by atoms with van der Waals surface area (Å²) >= 11 is 0. The number of carboxylic acids is 1. The van der Waals surface area contributed by atoms with E-state index in [1.807, 2.05) is 54.9 Å². The summed E-state index contributed by atoms with van der Waals surface area (Å²) in [7, 11) is 0. The molecule has 11 nitrogen and oxygen atoms in total. The lowest BCUT2D eigenvalue weighted by Gasteiger charge is -2.17. The maximum absolute atomic E-state index is 11.5. The van der Waals surface area contributed by atoms with Gasteiger partial charge < -0.3 is 24.8 Å². The van der Waals surface area contributed by atoms with E-state index in [0.717, 1.165) is 88.0 Å². The van der Waals surface area contributed by atoms with Crippen molar-refractivity contribution < 1.29 is 19.4 Å². The molecule has 0 amide bonds. The van der Waals surface area contributed by atoms with Crippen molar-refractivity contribution in [3.8, 4) is 28.7 Å². The third-order valence-electron chi connectivity index (χ3n) is 10.8. The lowest BCUT2D eigenvalue weighted by atomic mass is 9.93. The topological polar surface area (TPSA) is 152 Å². The number of aromatic nitrogens is 3. The highest BCUT2D eigenvalue weighted by Crippen LogP contribution is 2.38. The normalized spacial score (nSPS) is 17.8. The number of nitriles is 1. The predicted molar refractivity (Wildman–Crippen MR) is 204 cm³/mol. The second-order valence-corrected chi connectivity index (χ2v) is 14.3. The van der Waals surface area contributed by atoms with Crippen LogP contribution in [0.1, 0.15) is 40.7 Å². The Bertz CT molecular complexity index is 2400. The molecule has 53 heavy (non-hydrogen) atoms.